The summed E-state index contributed by atoms with van der Waals surface area (Å²) in [6.07, 6.45) is 0. The maximum absolute atomic E-state index is 11.7. The lowest BCUT2D eigenvalue weighted by Crippen LogP contribution is -2.46. The molecule has 3 N–H and O–H groups in total. The van der Waals surface area contributed by atoms with Gasteiger partial charge in [0.2, 0.25) is 17.6 Å². The molecule has 160 valence electrons. The number of piperazine rings is 1. The van der Waals surface area contributed by atoms with E-state index in [1.807, 2.05) is 54.3 Å². The normalized spacial score (nSPS) is 14.4. The van der Waals surface area contributed by atoms with Crippen LogP contribution in [-0.4, -0.2) is 46.0 Å². The number of anilines is 4. The van der Waals surface area contributed by atoms with Crippen molar-refractivity contribution in [1.29, 1.82) is 0 Å². The van der Waals surface area contributed by atoms with Gasteiger partial charge in [0.05, 0.1) is 4.92 Å². The van der Waals surface area contributed by atoms with E-state index in [1.54, 1.807) is 0 Å². The van der Waals surface area contributed by atoms with Crippen molar-refractivity contribution < 1.29 is 4.92 Å². The first-order valence-electron chi connectivity index (χ1n) is 10.2. The molecule has 3 aromatic rings. The Labute approximate surface area is 180 Å². The average molecular weight is 419 g/mol. The van der Waals surface area contributed by atoms with Crippen LogP contribution in [0.25, 0.3) is 0 Å². The fraction of sp³-hybridized carbons (Fsp3) is 0.273. The van der Waals surface area contributed by atoms with Crippen molar-refractivity contribution >= 4 is 29.0 Å². The van der Waals surface area contributed by atoms with Crippen molar-refractivity contribution in [3.63, 3.8) is 0 Å². The van der Waals surface area contributed by atoms with Gasteiger partial charge in [-0.1, -0.05) is 42.5 Å². The van der Waals surface area contributed by atoms with E-state index in [1.165, 1.54) is 5.56 Å². The summed E-state index contributed by atoms with van der Waals surface area (Å²) in [7, 11) is 0. The molecule has 0 radical (unpaired) electrons. The van der Waals surface area contributed by atoms with E-state index in [4.69, 9.17) is 5.73 Å². The first kappa shape index (κ1) is 20.5. The van der Waals surface area contributed by atoms with E-state index in [0.717, 1.165) is 30.9 Å². The number of nitrogens with two attached hydrogens (primary N) is 1. The number of nitrogens with zero attached hydrogens (tertiary/aromatic N) is 5. The molecule has 2 heterocycles. The molecule has 0 amide bonds. The van der Waals surface area contributed by atoms with Gasteiger partial charge in [0.15, 0.2) is 0 Å². The molecule has 1 aliphatic rings. The minimum Gasteiger partial charge on any atom is -0.378 e. The Bertz CT molecular complexity index is 1070. The second kappa shape index (κ2) is 8.97. The molecule has 1 fully saturated rings. The number of benzene rings is 2. The number of nitro groups is 1. The van der Waals surface area contributed by atoms with Crippen LogP contribution < -0.4 is 16.0 Å². The Morgan fingerprint density at radius 2 is 1.81 bits per heavy atom. The maximum Gasteiger partial charge on any atom is 0.353 e. The summed E-state index contributed by atoms with van der Waals surface area (Å²) in [5.74, 6) is 0.360. The van der Waals surface area contributed by atoms with Gasteiger partial charge in [0, 0.05) is 38.4 Å². The fourth-order valence-electron chi connectivity index (χ4n) is 3.72. The monoisotopic (exact) mass is 419 g/mol. The predicted octanol–water partition coefficient (Wildman–Crippen LogP) is 3.34. The SMILES string of the molecule is Cc1cccc(Nc2nc(N)c([N+](=O)[O-])c(N3CCN(Cc4ccccc4)CC3)n2)c1. The highest BCUT2D eigenvalue weighted by molar-refractivity contribution is 5.72. The van der Waals surface area contributed by atoms with Gasteiger partial charge in [-0.05, 0) is 30.2 Å². The number of hydrogen-bond acceptors (Lipinski definition) is 8. The van der Waals surface area contributed by atoms with Crippen molar-refractivity contribution in [3.05, 3.63) is 75.8 Å². The van der Waals surface area contributed by atoms with Gasteiger partial charge in [0.25, 0.3) is 0 Å². The van der Waals surface area contributed by atoms with Crippen LogP contribution in [0.3, 0.4) is 0 Å². The molecule has 4 rings (SSSR count). The smallest absolute Gasteiger partial charge is 0.353 e. The Morgan fingerprint density at radius 1 is 1.06 bits per heavy atom. The molecule has 0 aliphatic carbocycles. The summed E-state index contributed by atoms with van der Waals surface area (Å²) in [6, 6.07) is 18.0. The third-order valence-electron chi connectivity index (χ3n) is 5.27. The summed E-state index contributed by atoms with van der Waals surface area (Å²) in [5, 5.41) is 14.8. The van der Waals surface area contributed by atoms with Crippen LogP contribution in [-0.2, 0) is 6.54 Å². The van der Waals surface area contributed by atoms with E-state index < -0.39 is 4.92 Å². The zero-order valence-corrected chi connectivity index (χ0v) is 17.4. The average Bonchev–Trinajstić information content (AvgIpc) is 2.74. The van der Waals surface area contributed by atoms with Crippen LogP contribution in [0, 0.1) is 17.0 Å². The minimum atomic E-state index is -0.503. The molecule has 2 aromatic carbocycles. The number of aromatic nitrogens is 2. The molecule has 0 spiro atoms. The highest BCUT2D eigenvalue weighted by Gasteiger charge is 2.29. The van der Waals surface area contributed by atoms with Gasteiger partial charge in [-0.15, -0.1) is 0 Å². The number of nitrogens with one attached hydrogen (secondary N) is 1. The quantitative estimate of drug-likeness (QED) is 0.462. The van der Waals surface area contributed by atoms with Gasteiger partial charge in [-0.3, -0.25) is 15.0 Å². The maximum atomic E-state index is 11.7. The molecular formula is C22H25N7O2. The molecule has 0 saturated carbocycles. The van der Waals surface area contributed by atoms with Gasteiger partial charge in [-0.2, -0.15) is 9.97 Å². The molecule has 9 nitrogen and oxygen atoms in total. The van der Waals surface area contributed by atoms with Crippen molar-refractivity contribution in [2.24, 2.45) is 0 Å². The standard InChI is InChI=1S/C22H25N7O2/c1-16-6-5-9-18(14-16)24-22-25-20(23)19(29(30)31)21(26-22)28-12-10-27(11-13-28)15-17-7-3-2-4-8-17/h2-9,14H,10-13,15H2,1H3,(H3,23,24,25,26). The van der Waals surface area contributed by atoms with E-state index in [2.05, 4.69) is 32.3 Å². The molecule has 0 bridgehead atoms. The minimum absolute atomic E-state index is 0.142. The molecule has 0 atom stereocenters. The fourth-order valence-corrected chi connectivity index (χ4v) is 3.72. The number of hydrogen-bond donors (Lipinski definition) is 2. The van der Waals surface area contributed by atoms with E-state index >= 15 is 0 Å². The summed E-state index contributed by atoms with van der Waals surface area (Å²) < 4.78 is 0. The van der Waals surface area contributed by atoms with Crippen molar-refractivity contribution in [2.75, 3.05) is 42.1 Å². The zero-order valence-electron chi connectivity index (χ0n) is 17.4. The molecule has 9 heteroatoms. The third-order valence-corrected chi connectivity index (χ3v) is 5.27. The van der Waals surface area contributed by atoms with Crippen LogP contribution in [0.1, 0.15) is 11.1 Å². The van der Waals surface area contributed by atoms with Gasteiger partial charge in [0.1, 0.15) is 0 Å². The number of rotatable bonds is 6. The van der Waals surface area contributed by atoms with Gasteiger partial charge >= 0.3 is 5.69 Å². The Hall–Kier alpha value is -3.72. The molecular weight excluding hydrogens is 394 g/mol. The predicted molar refractivity (Wildman–Crippen MR) is 121 cm³/mol. The third kappa shape index (κ3) is 4.89. The largest absolute Gasteiger partial charge is 0.378 e. The second-order valence-corrected chi connectivity index (χ2v) is 7.61. The van der Waals surface area contributed by atoms with Gasteiger partial charge in [-0.25, -0.2) is 0 Å². The molecule has 1 aromatic heterocycles. The first-order chi connectivity index (χ1) is 15.0. The molecule has 0 unspecified atom stereocenters. The number of aryl methyl sites for hydroxylation is 1. The lowest BCUT2D eigenvalue weighted by molar-refractivity contribution is -0.383. The van der Waals surface area contributed by atoms with Crippen LogP contribution in [0.2, 0.25) is 0 Å². The summed E-state index contributed by atoms with van der Waals surface area (Å²) >= 11 is 0. The molecule has 1 aliphatic heterocycles. The number of nitrogen functional groups attached to an aromatic ring is 1. The Morgan fingerprint density at radius 3 is 2.48 bits per heavy atom. The van der Waals surface area contributed by atoms with E-state index in [0.29, 0.717) is 13.1 Å². The van der Waals surface area contributed by atoms with Crippen LogP contribution in [0.5, 0.6) is 0 Å². The van der Waals surface area contributed by atoms with Crippen molar-refractivity contribution in [1.82, 2.24) is 14.9 Å². The van der Waals surface area contributed by atoms with Crippen LogP contribution in [0.15, 0.2) is 54.6 Å². The summed E-state index contributed by atoms with van der Waals surface area (Å²) in [5.41, 5.74) is 8.85. The summed E-state index contributed by atoms with van der Waals surface area (Å²) in [6.45, 7) is 5.62. The molecule has 1 saturated heterocycles. The topological polar surface area (TPSA) is 113 Å². The van der Waals surface area contributed by atoms with Crippen LogP contribution >= 0.6 is 0 Å². The van der Waals surface area contributed by atoms with E-state index in [-0.39, 0.29) is 23.3 Å². The lowest BCUT2D eigenvalue weighted by Gasteiger charge is -2.35. The Kier molecular flexibility index (Phi) is 5.94. The second-order valence-electron chi connectivity index (χ2n) is 7.61. The van der Waals surface area contributed by atoms with E-state index in [9.17, 15) is 10.1 Å². The summed E-state index contributed by atoms with van der Waals surface area (Å²) in [4.78, 5) is 24.0. The highest BCUT2D eigenvalue weighted by Crippen LogP contribution is 2.33. The van der Waals surface area contributed by atoms with Crippen molar-refractivity contribution in [3.8, 4) is 0 Å². The zero-order chi connectivity index (χ0) is 21.8. The lowest BCUT2D eigenvalue weighted by atomic mass is 10.2. The first-order valence-corrected chi connectivity index (χ1v) is 10.2. The highest BCUT2D eigenvalue weighted by atomic mass is 16.6. The Balaban J connectivity index is 1.53. The van der Waals surface area contributed by atoms with Gasteiger partial charge < -0.3 is 16.0 Å². The van der Waals surface area contributed by atoms with Crippen LogP contribution in [0.4, 0.5) is 29.0 Å². The van der Waals surface area contributed by atoms with Crippen molar-refractivity contribution in [2.45, 2.75) is 13.5 Å². The molecule has 31 heavy (non-hydrogen) atoms.